The largest absolute Gasteiger partial charge is 0.466 e. The van der Waals surface area contributed by atoms with Crippen LogP contribution in [-0.4, -0.2) is 35.9 Å². The standard InChI is InChI=1S/C17H18ClN3O4S/c1-2-25-14(22)7-4-8-19-16(24)13-10-26-17(20-13)21-15(23)11-5-3-6-12(18)9-11/h3,5-6,9-10H,2,4,7-8H2,1H3,(H,19,24)(H,20,21,23). The predicted molar refractivity (Wildman–Crippen MR) is 99.7 cm³/mol. The van der Waals surface area contributed by atoms with Gasteiger partial charge in [0.05, 0.1) is 6.61 Å². The molecule has 2 amide bonds. The lowest BCUT2D eigenvalue weighted by Crippen LogP contribution is -2.25. The molecular weight excluding hydrogens is 378 g/mol. The van der Waals surface area contributed by atoms with Gasteiger partial charge in [0.2, 0.25) is 0 Å². The van der Waals surface area contributed by atoms with Gasteiger partial charge in [0, 0.05) is 28.9 Å². The van der Waals surface area contributed by atoms with Gasteiger partial charge in [-0.2, -0.15) is 0 Å². The third kappa shape index (κ3) is 6.12. The van der Waals surface area contributed by atoms with Crippen molar-refractivity contribution in [3.63, 3.8) is 0 Å². The van der Waals surface area contributed by atoms with Gasteiger partial charge in [0.15, 0.2) is 5.13 Å². The maximum atomic E-state index is 12.1. The number of nitrogens with zero attached hydrogens (tertiary/aromatic N) is 1. The lowest BCUT2D eigenvalue weighted by molar-refractivity contribution is -0.143. The minimum Gasteiger partial charge on any atom is -0.466 e. The molecule has 2 rings (SSSR count). The molecule has 1 heterocycles. The molecule has 0 spiro atoms. The Labute approximate surface area is 159 Å². The number of thiazole rings is 1. The molecule has 0 radical (unpaired) electrons. The molecule has 1 aromatic heterocycles. The van der Waals surface area contributed by atoms with E-state index in [2.05, 4.69) is 15.6 Å². The highest BCUT2D eigenvalue weighted by Crippen LogP contribution is 2.17. The van der Waals surface area contributed by atoms with Crippen LogP contribution in [0.25, 0.3) is 0 Å². The molecular formula is C17H18ClN3O4S. The van der Waals surface area contributed by atoms with E-state index in [0.29, 0.717) is 35.3 Å². The molecule has 1 aromatic carbocycles. The van der Waals surface area contributed by atoms with Crippen LogP contribution in [0.1, 0.15) is 40.6 Å². The number of halogens is 1. The Balaban J connectivity index is 1.82. The first kappa shape index (κ1) is 19.9. The minimum absolute atomic E-state index is 0.201. The summed E-state index contributed by atoms with van der Waals surface area (Å²) in [4.78, 5) is 39.4. The van der Waals surface area contributed by atoms with E-state index in [9.17, 15) is 14.4 Å². The van der Waals surface area contributed by atoms with Gasteiger partial charge in [-0.3, -0.25) is 19.7 Å². The van der Waals surface area contributed by atoms with Crippen molar-refractivity contribution >= 4 is 45.9 Å². The molecule has 0 bridgehead atoms. The number of esters is 1. The summed E-state index contributed by atoms with van der Waals surface area (Å²) in [6.07, 6.45) is 0.721. The lowest BCUT2D eigenvalue weighted by atomic mass is 10.2. The van der Waals surface area contributed by atoms with Crippen LogP contribution >= 0.6 is 22.9 Å². The monoisotopic (exact) mass is 395 g/mol. The molecule has 9 heteroatoms. The van der Waals surface area contributed by atoms with Crippen LogP contribution in [0.2, 0.25) is 5.02 Å². The Morgan fingerprint density at radius 1 is 1.27 bits per heavy atom. The fourth-order valence-corrected chi connectivity index (χ4v) is 2.87. The summed E-state index contributed by atoms with van der Waals surface area (Å²) >= 11 is 7.00. The first-order chi connectivity index (χ1) is 12.5. The fraction of sp³-hybridized carbons (Fsp3) is 0.294. The van der Waals surface area contributed by atoms with E-state index >= 15 is 0 Å². The zero-order valence-electron chi connectivity index (χ0n) is 14.1. The number of aromatic nitrogens is 1. The summed E-state index contributed by atoms with van der Waals surface area (Å²) in [5.74, 6) is -1.02. The van der Waals surface area contributed by atoms with Crippen molar-refractivity contribution in [2.75, 3.05) is 18.5 Å². The summed E-state index contributed by atoms with van der Waals surface area (Å²) in [5, 5.41) is 7.61. The number of benzene rings is 1. The topological polar surface area (TPSA) is 97.4 Å². The van der Waals surface area contributed by atoms with Crippen molar-refractivity contribution < 1.29 is 19.1 Å². The second-order valence-electron chi connectivity index (χ2n) is 5.17. The maximum Gasteiger partial charge on any atom is 0.305 e. The number of ether oxygens (including phenoxy) is 1. The van der Waals surface area contributed by atoms with Crippen LogP contribution in [0.4, 0.5) is 5.13 Å². The fourth-order valence-electron chi connectivity index (χ4n) is 1.99. The third-order valence-electron chi connectivity index (χ3n) is 3.19. The molecule has 26 heavy (non-hydrogen) atoms. The average molecular weight is 396 g/mol. The van der Waals surface area contributed by atoms with Crippen LogP contribution in [0.5, 0.6) is 0 Å². The van der Waals surface area contributed by atoms with E-state index in [1.807, 2.05) is 0 Å². The van der Waals surface area contributed by atoms with Crippen molar-refractivity contribution in [3.8, 4) is 0 Å². The number of anilines is 1. The molecule has 0 saturated heterocycles. The number of hydrogen-bond acceptors (Lipinski definition) is 6. The quantitative estimate of drug-likeness (QED) is 0.528. The highest BCUT2D eigenvalue weighted by molar-refractivity contribution is 7.14. The highest BCUT2D eigenvalue weighted by Gasteiger charge is 2.13. The summed E-state index contributed by atoms with van der Waals surface area (Å²) in [6, 6.07) is 6.52. The van der Waals surface area contributed by atoms with Gasteiger partial charge < -0.3 is 10.1 Å². The van der Waals surface area contributed by atoms with Crippen molar-refractivity contribution in [1.29, 1.82) is 0 Å². The molecule has 0 aliphatic heterocycles. The maximum absolute atomic E-state index is 12.1. The van der Waals surface area contributed by atoms with Gasteiger partial charge in [0.25, 0.3) is 11.8 Å². The van der Waals surface area contributed by atoms with E-state index < -0.39 is 0 Å². The lowest BCUT2D eigenvalue weighted by Gasteiger charge is -2.04. The third-order valence-corrected chi connectivity index (χ3v) is 4.19. The van der Waals surface area contributed by atoms with Gasteiger partial charge in [0.1, 0.15) is 5.69 Å². The van der Waals surface area contributed by atoms with Crippen LogP contribution < -0.4 is 10.6 Å². The number of carbonyl (C=O) groups is 3. The number of amides is 2. The molecule has 0 fully saturated rings. The normalized spacial score (nSPS) is 10.2. The van der Waals surface area contributed by atoms with Crippen molar-refractivity contribution in [2.24, 2.45) is 0 Å². The number of nitrogens with one attached hydrogen (secondary N) is 2. The van der Waals surface area contributed by atoms with Gasteiger partial charge >= 0.3 is 5.97 Å². The summed E-state index contributed by atoms with van der Waals surface area (Å²) < 4.78 is 4.81. The van der Waals surface area contributed by atoms with E-state index in [1.165, 1.54) is 0 Å². The second kappa shape index (κ2) is 9.88. The molecule has 138 valence electrons. The molecule has 2 N–H and O–H groups in total. The molecule has 0 unspecified atom stereocenters. The van der Waals surface area contributed by atoms with E-state index in [0.717, 1.165) is 11.3 Å². The van der Waals surface area contributed by atoms with Crippen molar-refractivity contribution in [1.82, 2.24) is 10.3 Å². The Morgan fingerprint density at radius 2 is 2.08 bits per heavy atom. The Kier molecular flexibility index (Phi) is 7.55. The zero-order valence-corrected chi connectivity index (χ0v) is 15.7. The molecule has 0 saturated carbocycles. The average Bonchev–Trinajstić information content (AvgIpc) is 3.07. The first-order valence-electron chi connectivity index (χ1n) is 7.96. The Bertz CT molecular complexity index is 794. The van der Waals surface area contributed by atoms with Gasteiger partial charge in [-0.25, -0.2) is 4.98 Å². The summed E-state index contributed by atoms with van der Waals surface area (Å²) in [5.41, 5.74) is 0.602. The molecule has 7 nitrogen and oxygen atoms in total. The van der Waals surface area contributed by atoms with E-state index in [4.69, 9.17) is 16.3 Å². The van der Waals surface area contributed by atoms with Crippen LogP contribution in [-0.2, 0) is 9.53 Å². The molecule has 0 atom stereocenters. The van der Waals surface area contributed by atoms with Gasteiger partial charge in [-0.1, -0.05) is 17.7 Å². The predicted octanol–water partition coefficient (Wildman–Crippen LogP) is 3.12. The van der Waals surface area contributed by atoms with Gasteiger partial charge in [-0.05, 0) is 31.5 Å². The van der Waals surface area contributed by atoms with Gasteiger partial charge in [-0.15, -0.1) is 11.3 Å². The van der Waals surface area contributed by atoms with Crippen molar-refractivity contribution in [2.45, 2.75) is 19.8 Å². The SMILES string of the molecule is CCOC(=O)CCCNC(=O)c1csc(NC(=O)c2cccc(Cl)c2)n1. The highest BCUT2D eigenvalue weighted by atomic mass is 35.5. The minimum atomic E-state index is -0.367. The summed E-state index contributed by atoms with van der Waals surface area (Å²) in [6.45, 7) is 2.41. The number of hydrogen-bond donors (Lipinski definition) is 2. The molecule has 2 aromatic rings. The van der Waals surface area contributed by atoms with Crippen LogP contribution in [0, 0.1) is 0 Å². The second-order valence-corrected chi connectivity index (χ2v) is 6.46. The number of rotatable bonds is 8. The summed E-state index contributed by atoms with van der Waals surface area (Å²) in [7, 11) is 0. The zero-order chi connectivity index (χ0) is 18.9. The number of carbonyl (C=O) groups excluding carboxylic acids is 3. The smallest absolute Gasteiger partial charge is 0.305 e. The van der Waals surface area contributed by atoms with Crippen LogP contribution in [0.3, 0.4) is 0 Å². The Morgan fingerprint density at radius 3 is 2.81 bits per heavy atom. The van der Waals surface area contributed by atoms with E-state index in [1.54, 1.807) is 36.6 Å². The Hall–Kier alpha value is -2.45. The van der Waals surface area contributed by atoms with E-state index in [-0.39, 0.29) is 29.9 Å². The molecule has 0 aliphatic rings. The van der Waals surface area contributed by atoms with Crippen LogP contribution in [0.15, 0.2) is 29.6 Å². The van der Waals surface area contributed by atoms with Crippen molar-refractivity contribution in [3.05, 3.63) is 45.9 Å². The first-order valence-corrected chi connectivity index (χ1v) is 9.21. The molecule has 0 aliphatic carbocycles.